The van der Waals surface area contributed by atoms with Crippen LogP contribution in [0.5, 0.6) is 0 Å². The van der Waals surface area contributed by atoms with Crippen molar-refractivity contribution < 1.29 is 14.0 Å². The third kappa shape index (κ3) is 5.87. The van der Waals surface area contributed by atoms with Gasteiger partial charge in [0.15, 0.2) is 5.78 Å². The molecule has 2 aromatic carbocycles. The van der Waals surface area contributed by atoms with Gasteiger partial charge in [0.2, 0.25) is 5.91 Å². The second kappa shape index (κ2) is 8.48. The molecule has 120 valence electrons. The van der Waals surface area contributed by atoms with E-state index < -0.39 is 6.04 Å². The first-order valence-corrected chi connectivity index (χ1v) is 8.25. The van der Waals surface area contributed by atoms with E-state index in [9.17, 15) is 14.0 Å². The topological polar surface area (TPSA) is 46.2 Å². The minimum Gasteiger partial charge on any atom is -0.345 e. The lowest BCUT2D eigenvalue weighted by Gasteiger charge is -2.16. The third-order valence-electron chi connectivity index (χ3n) is 3.29. The lowest BCUT2D eigenvalue weighted by molar-refractivity contribution is -0.125. The van der Waals surface area contributed by atoms with Gasteiger partial charge in [0.1, 0.15) is 5.82 Å². The SMILES string of the molecule is CC(=O)[C@H](Cc1ccccc1)NC(=O)CSc1ccc(F)cc1. The first-order valence-electron chi connectivity index (χ1n) is 7.26. The number of benzene rings is 2. The fourth-order valence-corrected chi connectivity index (χ4v) is 2.77. The van der Waals surface area contributed by atoms with E-state index in [1.807, 2.05) is 30.3 Å². The van der Waals surface area contributed by atoms with Gasteiger partial charge in [0.05, 0.1) is 11.8 Å². The molecule has 0 aliphatic rings. The summed E-state index contributed by atoms with van der Waals surface area (Å²) in [7, 11) is 0. The summed E-state index contributed by atoms with van der Waals surface area (Å²) >= 11 is 1.31. The highest BCUT2D eigenvalue weighted by molar-refractivity contribution is 8.00. The lowest BCUT2D eigenvalue weighted by Crippen LogP contribution is -2.42. The second-order valence-electron chi connectivity index (χ2n) is 5.16. The summed E-state index contributed by atoms with van der Waals surface area (Å²) < 4.78 is 12.8. The summed E-state index contributed by atoms with van der Waals surface area (Å²) in [6.07, 6.45) is 0.475. The van der Waals surface area contributed by atoms with Crippen molar-refractivity contribution in [2.45, 2.75) is 24.3 Å². The van der Waals surface area contributed by atoms with Gasteiger partial charge < -0.3 is 5.32 Å². The van der Waals surface area contributed by atoms with Crippen molar-refractivity contribution in [3.63, 3.8) is 0 Å². The summed E-state index contributed by atoms with van der Waals surface area (Å²) in [6.45, 7) is 1.47. The van der Waals surface area contributed by atoms with Gasteiger partial charge in [-0.25, -0.2) is 4.39 Å². The van der Waals surface area contributed by atoms with Crippen LogP contribution in [0, 0.1) is 5.82 Å². The minimum atomic E-state index is -0.529. The highest BCUT2D eigenvalue weighted by atomic mass is 32.2. The number of nitrogens with one attached hydrogen (secondary N) is 1. The van der Waals surface area contributed by atoms with Crippen LogP contribution in [0.15, 0.2) is 59.5 Å². The molecule has 0 bridgehead atoms. The van der Waals surface area contributed by atoms with Gasteiger partial charge in [0.25, 0.3) is 0 Å². The van der Waals surface area contributed by atoms with Crippen molar-refractivity contribution in [3.05, 3.63) is 66.0 Å². The van der Waals surface area contributed by atoms with Gasteiger partial charge in [-0.15, -0.1) is 11.8 Å². The number of halogens is 1. The van der Waals surface area contributed by atoms with E-state index in [-0.39, 0.29) is 23.3 Å². The largest absolute Gasteiger partial charge is 0.345 e. The molecule has 5 heteroatoms. The summed E-state index contributed by atoms with van der Waals surface area (Å²) in [5.41, 5.74) is 0.999. The number of hydrogen-bond donors (Lipinski definition) is 1. The molecule has 0 radical (unpaired) electrons. The van der Waals surface area contributed by atoms with E-state index in [4.69, 9.17) is 0 Å². The molecule has 2 rings (SSSR count). The third-order valence-corrected chi connectivity index (χ3v) is 4.30. The van der Waals surface area contributed by atoms with Crippen molar-refractivity contribution in [3.8, 4) is 0 Å². The summed E-state index contributed by atoms with van der Waals surface area (Å²) in [5, 5.41) is 2.76. The summed E-state index contributed by atoms with van der Waals surface area (Å²) in [6, 6.07) is 15.0. The van der Waals surface area contributed by atoms with E-state index in [2.05, 4.69) is 5.32 Å². The van der Waals surface area contributed by atoms with Crippen LogP contribution in [0.2, 0.25) is 0 Å². The molecule has 3 nitrogen and oxygen atoms in total. The summed E-state index contributed by atoms with van der Waals surface area (Å²) in [4.78, 5) is 24.6. The van der Waals surface area contributed by atoms with E-state index in [1.165, 1.54) is 30.8 Å². The highest BCUT2D eigenvalue weighted by Crippen LogP contribution is 2.17. The Morgan fingerprint density at radius 2 is 1.74 bits per heavy atom. The van der Waals surface area contributed by atoms with Crippen molar-refractivity contribution in [1.82, 2.24) is 5.32 Å². The maximum Gasteiger partial charge on any atom is 0.230 e. The fourth-order valence-electron chi connectivity index (χ4n) is 2.06. The molecule has 0 fully saturated rings. The molecule has 0 heterocycles. The molecule has 23 heavy (non-hydrogen) atoms. The molecule has 0 aliphatic heterocycles. The Labute approximate surface area is 139 Å². The first-order chi connectivity index (χ1) is 11.0. The minimum absolute atomic E-state index is 0.0750. The highest BCUT2D eigenvalue weighted by Gasteiger charge is 2.17. The number of thioether (sulfide) groups is 1. The zero-order chi connectivity index (χ0) is 16.7. The molecule has 0 saturated heterocycles. The normalized spacial score (nSPS) is 11.7. The van der Waals surface area contributed by atoms with Gasteiger partial charge >= 0.3 is 0 Å². The van der Waals surface area contributed by atoms with Crippen molar-refractivity contribution in [2.24, 2.45) is 0 Å². The Hall–Kier alpha value is -2.14. The number of amides is 1. The predicted molar refractivity (Wildman–Crippen MR) is 89.9 cm³/mol. The summed E-state index contributed by atoms with van der Waals surface area (Å²) in [5.74, 6) is -0.410. The van der Waals surface area contributed by atoms with Gasteiger partial charge in [0, 0.05) is 4.90 Å². The predicted octanol–water partition coefficient (Wildman–Crippen LogP) is 3.23. The smallest absolute Gasteiger partial charge is 0.230 e. The van der Waals surface area contributed by atoms with Gasteiger partial charge in [-0.1, -0.05) is 30.3 Å². The molecule has 0 saturated carbocycles. The number of hydrogen-bond acceptors (Lipinski definition) is 3. The van der Waals surface area contributed by atoms with E-state index >= 15 is 0 Å². The number of Topliss-reactive ketones (excluding diaryl/α,β-unsaturated/α-hetero) is 1. The van der Waals surface area contributed by atoms with Crippen molar-refractivity contribution in [1.29, 1.82) is 0 Å². The Morgan fingerprint density at radius 1 is 1.09 bits per heavy atom. The molecule has 1 atom stereocenters. The molecule has 0 unspecified atom stereocenters. The van der Waals surface area contributed by atoms with E-state index in [0.717, 1.165) is 10.5 Å². The number of ketones is 1. The molecule has 1 amide bonds. The molecule has 0 spiro atoms. The molecule has 0 aliphatic carbocycles. The Bertz CT molecular complexity index is 658. The zero-order valence-electron chi connectivity index (χ0n) is 12.8. The first kappa shape index (κ1) is 17.2. The number of rotatable bonds is 7. The molecular weight excluding hydrogens is 313 g/mol. The van der Waals surface area contributed by atoms with Gasteiger partial charge in [-0.3, -0.25) is 9.59 Å². The molecule has 0 aromatic heterocycles. The van der Waals surface area contributed by atoms with Crippen LogP contribution in [-0.2, 0) is 16.0 Å². The monoisotopic (exact) mass is 331 g/mol. The fraction of sp³-hybridized carbons (Fsp3) is 0.222. The number of carbonyl (C=O) groups is 2. The quantitative estimate of drug-likeness (QED) is 0.792. The molecule has 1 N–H and O–H groups in total. The van der Waals surface area contributed by atoms with Crippen LogP contribution in [0.4, 0.5) is 4.39 Å². The van der Waals surface area contributed by atoms with Crippen molar-refractivity contribution in [2.75, 3.05) is 5.75 Å². The maximum absolute atomic E-state index is 12.8. The van der Waals surface area contributed by atoms with Gasteiger partial charge in [-0.2, -0.15) is 0 Å². The van der Waals surface area contributed by atoms with Crippen LogP contribution in [-0.4, -0.2) is 23.5 Å². The standard InChI is InChI=1S/C18H18FNO2S/c1-13(21)17(11-14-5-3-2-4-6-14)20-18(22)12-23-16-9-7-15(19)8-10-16/h2-10,17H,11-12H2,1H3,(H,20,22)/t17-/m0/s1. The van der Waals surface area contributed by atoms with Crippen LogP contribution in [0.25, 0.3) is 0 Å². The average molecular weight is 331 g/mol. The zero-order valence-corrected chi connectivity index (χ0v) is 13.6. The Morgan fingerprint density at radius 3 is 2.35 bits per heavy atom. The average Bonchev–Trinajstić information content (AvgIpc) is 2.54. The Kier molecular flexibility index (Phi) is 6.35. The second-order valence-corrected chi connectivity index (χ2v) is 6.21. The Balaban J connectivity index is 1.88. The number of carbonyl (C=O) groups excluding carboxylic acids is 2. The van der Waals surface area contributed by atoms with Gasteiger partial charge in [-0.05, 0) is 43.2 Å². The van der Waals surface area contributed by atoms with Crippen LogP contribution >= 0.6 is 11.8 Å². The van der Waals surface area contributed by atoms with Crippen LogP contribution in [0.3, 0.4) is 0 Å². The van der Waals surface area contributed by atoms with Crippen LogP contribution in [0.1, 0.15) is 12.5 Å². The maximum atomic E-state index is 12.8. The van der Waals surface area contributed by atoms with Crippen LogP contribution < -0.4 is 5.32 Å². The molecule has 2 aromatic rings. The molecular formula is C18H18FNO2S. The van der Waals surface area contributed by atoms with Crippen molar-refractivity contribution >= 4 is 23.5 Å². The lowest BCUT2D eigenvalue weighted by atomic mass is 10.0. The van der Waals surface area contributed by atoms with E-state index in [0.29, 0.717) is 6.42 Å². The van der Waals surface area contributed by atoms with E-state index in [1.54, 1.807) is 12.1 Å².